The van der Waals surface area contributed by atoms with Gasteiger partial charge in [-0.15, -0.1) is 0 Å². The summed E-state index contributed by atoms with van der Waals surface area (Å²) in [6.45, 7) is 0.448. The standard InChI is InChI=1S/C20H17Cl2F3N2O2/c21-14-6-4-10(9-13(14)20(23,24)25)17-11(3-1-2-8-26)16-12(19(28)29)5-7-15(22)18(16)27-17/h4-7,9,27H,1-3,8,26H2,(H,28,29). The van der Waals surface area contributed by atoms with E-state index in [4.69, 9.17) is 28.9 Å². The van der Waals surface area contributed by atoms with Crippen molar-refractivity contribution in [2.24, 2.45) is 5.73 Å². The molecule has 29 heavy (non-hydrogen) atoms. The van der Waals surface area contributed by atoms with Crippen LogP contribution in [0.25, 0.3) is 22.2 Å². The van der Waals surface area contributed by atoms with Crippen LogP contribution in [-0.2, 0) is 12.6 Å². The Kier molecular flexibility index (Phi) is 6.12. The molecule has 0 aliphatic rings. The molecule has 0 radical (unpaired) electrons. The lowest BCUT2D eigenvalue weighted by Gasteiger charge is -2.12. The minimum Gasteiger partial charge on any atom is -0.478 e. The second kappa shape index (κ2) is 8.26. The van der Waals surface area contributed by atoms with E-state index in [0.717, 1.165) is 6.07 Å². The largest absolute Gasteiger partial charge is 0.478 e. The number of aromatic amines is 1. The van der Waals surface area contributed by atoms with Crippen LogP contribution in [0, 0.1) is 0 Å². The maximum absolute atomic E-state index is 13.3. The van der Waals surface area contributed by atoms with Gasteiger partial charge in [0.05, 0.1) is 26.7 Å². The summed E-state index contributed by atoms with van der Waals surface area (Å²) in [4.78, 5) is 14.8. The average Bonchev–Trinajstić information content (AvgIpc) is 3.02. The molecular formula is C20H17Cl2F3N2O2. The third kappa shape index (κ3) is 4.22. The number of nitrogens with one attached hydrogen (secondary N) is 1. The predicted octanol–water partition coefficient (Wildman–Crippen LogP) is 6.14. The van der Waals surface area contributed by atoms with Crippen molar-refractivity contribution >= 4 is 40.1 Å². The van der Waals surface area contributed by atoms with Crippen LogP contribution in [-0.4, -0.2) is 22.6 Å². The molecule has 4 nitrogen and oxygen atoms in total. The second-order valence-corrected chi connectivity index (χ2v) is 7.38. The minimum absolute atomic E-state index is 0.0275. The fourth-order valence-corrected chi connectivity index (χ4v) is 3.79. The summed E-state index contributed by atoms with van der Waals surface area (Å²) >= 11 is 12.0. The van der Waals surface area contributed by atoms with Crippen molar-refractivity contribution in [3.63, 3.8) is 0 Å². The molecule has 0 aliphatic carbocycles. The summed E-state index contributed by atoms with van der Waals surface area (Å²) in [6, 6.07) is 6.42. The first-order chi connectivity index (χ1) is 13.6. The Morgan fingerprint density at radius 2 is 1.79 bits per heavy atom. The number of alkyl halides is 3. The minimum atomic E-state index is -4.62. The van der Waals surface area contributed by atoms with Crippen LogP contribution in [0.5, 0.6) is 0 Å². The van der Waals surface area contributed by atoms with Gasteiger partial charge in [0.25, 0.3) is 0 Å². The molecule has 0 unspecified atom stereocenters. The average molecular weight is 445 g/mol. The highest BCUT2D eigenvalue weighted by atomic mass is 35.5. The van der Waals surface area contributed by atoms with Crippen molar-refractivity contribution in [2.75, 3.05) is 6.54 Å². The normalized spacial score (nSPS) is 11.9. The smallest absolute Gasteiger partial charge is 0.417 e. The first kappa shape index (κ1) is 21.5. The van der Waals surface area contributed by atoms with Gasteiger partial charge < -0.3 is 15.8 Å². The molecule has 9 heteroatoms. The van der Waals surface area contributed by atoms with Gasteiger partial charge in [0.1, 0.15) is 0 Å². The maximum atomic E-state index is 13.3. The molecular weight excluding hydrogens is 428 g/mol. The lowest BCUT2D eigenvalue weighted by atomic mass is 9.96. The highest BCUT2D eigenvalue weighted by Gasteiger charge is 2.34. The Bertz CT molecular complexity index is 1080. The van der Waals surface area contributed by atoms with E-state index in [2.05, 4.69) is 4.98 Å². The van der Waals surface area contributed by atoms with Crippen LogP contribution < -0.4 is 5.73 Å². The zero-order valence-corrected chi connectivity index (χ0v) is 16.5. The Balaban J connectivity index is 2.30. The Morgan fingerprint density at radius 3 is 2.41 bits per heavy atom. The monoisotopic (exact) mass is 444 g/mol. The number of carbonyl (C=O) groups is 1. The van der Waals surface area contributed by atoms with Crippen LogP contribution in [0.2, 0.25) is 10.0 Å². The lowest BCUT2D eigenvalue weighted by Crippen LogP contribution is -2.06. The number of halogens is 5. The fraction of sp³-hybridized carbons (Fsp3) is 0.250. The molecule has 0 bridgehead atoms. The quantitative estimate of drug-likeness (QED) is 0.399. The molecule has 2 aromatic carbocycles. The number of hydrogen-bond acceptors (Lipinski definition) is 2. The van der Waals surface area contributed by atoms with Crippen LogP contribution in [0.15, 0.2) is 30.3 Å². The van der Waals surface area contributed by atoms with Crippen molar-refractivity contribution < 1.29 is 23.1 Å². The van der Waals surface area contributed by atoms with E-state index in [1.165, 1.54) is 24.3 Å². The Morgan fingerprint density at radius 1 is 1.10 bits per heavy atom. The molecule has 0 saturated carbocycles. The number of aryl methyl sites for hydroxylation is 1. The molecule has 4 N–H and O–H groups in total. The van der Waals surface area contributed by atoms with E-state index in [1.54, 1.807) is 0 Å². The first-order valence-corrected chi connectivity index (χ1v) is 9.54. The van der Waals surface area contributed by atoms with Gasteiger partial charge in [-0.05, 0) is 61.2 Å². The van der Waals surface area contributed by atoms with Gasteiger partial charge in [-0.2, -0.15) is 13.2 Å². The molecule has 3 aromatic rings. The zero-order chi connectivity index (χ0) is 21.3. The van der Waals surface area contributed by atoms with Crippen molar-refractivity contribution in [2.45, 2.75) is 25.4 Å². The lowest BCUT2D eigenvalue weighted by molar-refractivity contribution is -0.137. The van der Waals surface area contributed by atoms with Crippen molar-refractivity contribution in [3.05, 3.63) is 57.1 Å². The summed E-state index contributed by atoms with van der Waals surface area (Å²) in [7, 11) is 0. The van der Waals surface area contributed by atoms with E-state index < -0.39 is 22.7 Å². The topological polar surface area (TPSA) is 79.1 Å². The van der Waals surface area contributed by atoms with E-state index >= 15 is 0 Å². The maximum Gasteiger partial charge on any atom is 0.417 e. The number of aromatic nitrogens is 1. The number of unbranched alkanes of at least 4 members (excludes halogenated alkanes) is 1. The summed E-state index contributed by atoms with van der Waals surface area (Å²) in [5.74, 6) is -1.15. The molecule has 154 valence electrons. The number of carboxylic acid groups (broad SMARTS) is 1. The number of benzene rings is 2. The summed E-state index contributed by atoms with van der Waals surface area (Å²) in [5, 5.41) is 9.85. The van der Waals surface area contributed by atoms with E-state index in [0.29, 0.717) is 48.0 Å². The van der Waals surface area contributed by atoms with E-state index in [-0.39, 0.29) is 16.1 Å². The fourth-order valence-electron chi connectivity index (χ4n) is 3.36. The van der Waals surface area contributed by atoms with Gasteiger partial charge in [0.15, 0.2) is 0 Å². The molecule has 0 fully saturated rings. The number of fused-ring (bicyclic) bond motifs is 1. The summed E-state index contributed by atoms with van der Waals surface area (Å²) in [5.41, 5.74) is 6.20. The van der Waals surface area contributed by atoms with Crippen molar-refractivity contribution in [1.82, 2.24) is 4.98 Å². The number of nitrogens with two attached hydrogens (primary N) is 1. The number of carboxylic acids is 1. The Labute approximate surface area is 174 Å². The third-order valence-corrected chi connectivity index (χ3v) is 5.32. The van der Waals surface area contributed by atoms with Gasteiger partial charge >= 0.3 is 12.1 Å². The number of rotatable bonds is 6. The predicted molar refractivity (Wildman–Crippen MR) is 108 cm³/mol. The van der Waals surface area contributed by atoms with Gasteiger partial charge in [0, 0.05) is 11.1 Å². The number of aromatic carboxylic acids is 1. The summed E-state index contributed by atoms with van der Waals surface area (Å²) in [6.07, 6.45) is -2.87. The van der Waals surface area contributed by atoms with Crippen LogP contribution in [0.1, 0.15) is 34.3 Å². The zero-order valence-electron chi connectivity index (χ0n) is 15.0. The SMILES string of the molecule is NCCCCc1c(-c2ccc(Cl)c(C(F)(F)F)c2)[nH]c2c(Cl)ccc(C(=O)O)c12. The molecule has 1 aromatic heterocycles. The van der Waals surface area contributed by atoms with Crippen LogP contribution in [0.3, 0.4) is 0 Å². The highest BCUT2D eigenvalue weighted by molar-refractivity contribution is 6.36. The molecule has 0 atom stereocenters. The molecule has 0 amide bonds. The van der Waals surface area contributed by atoms with E-state index in [1.807, 2.05) is 0 Å². The van der Waals surface area contributed by atoms with Gasteiger partial charge in [0.2, 0.25) is 0 Å². The molecule has 1 heterocycles. The molecule has 3 rings (SSSR count). The third-order valence-electron chi connectivity index (χ3n) is 4.68. The number of H-pyrrole nitrogens is 1. The Hall–Kier alpha value is -2.22. The summed E-state index contributed by atoms with van der Waals surface area (Å²) < 4.78 is 40.0. The second-order valence-electron chi connectivity index (χ2n) is 6.57. The molecule has 0 saturated heterocycles. The van der Waals surface area contributed by atoms with Gasteiger partial charge in [-0.3, -0.25) is 0 Å². The molecule has 0 spiro atoms. The van der Waals surface area contributed by atoms with Crippen LogP contribution in [0.4, 0.5) is 13.2 Å². The molecule has 0 aliphatic heterocycles. The van der Waals surface area contributed by atoms with Gasteiger partial charge in [-0.25, -0.2) is 4.79 Å². The highest BCUT2D eigenvalue weighted by Crippen LogP contribution is 2.41. The van der Waals surface area contributed by atoms with Crippen LogP contribution >= 0.6 is 23.2 Å². The van der Waals surface area contributed by atoms with Crippen molar-refractivity contribution in [1.29, 1.82) is 0 Å². The van der Waals surface area contributed by atoms with Gasteiger partial charge in [-0.1, -0.05) is 29.3 Å². The first-order valence-electron chi connectivity index (χ1n) is 8.78. The van der Waals surface area contributed by atoms with Crippen molar-refractivity contribution in [3.8, 4) is 11.3 Å². The number of hydrogen-bond donors (Lipinski definition) is 3. The van der Waals surface area contributed by atoms with E-state index in [9.17, 15) is 23.1 Å².